The third kappa shape index (κ3) is 3.28. The lowest BCUT2D eigenvalue weighted by Gasteiger charge is -2.02. The largest absolute Gasteiger partial charge is 0.481 e. The molecule has 3 nitrogen and oxygen atoms in total. The van der Waals surface area contributed by atoms with Crippen molar-refractivity contribution in [3.8, 4) is 0 Å². The number of aryl methyl sites for hydroxylation is 1. The van der Waals surface area contributed by atoms with Gasteiger partial charge in [0.2, 0.25) is 0 Å². The highest BCUT2D eigenvalue weighted by molar-refractivity contribution is 5.78. The van der Waals surface area contributed by atoms with Crippen molar-refractivity contribution in [2.75, 3.05) is 0 Å². The standard InChI is InChI=1S/C14H15NO2/c16-14(17)6-2-1-4-11-7-8-13-12(10-11)5-3-9-15-13/h3,5,7-10H,1-2,4,6H2,(H,16,17). The van der Waals surface area contributed by atoms with Crippen molar-refractivity contribution in [1.82, 2.24) is 4.98 Å². The number of aliphatic carboxylic acids is 1. The summed E-state index contributed by atoms with van der Waals surface area (Å²) in [6.45, 7) is 0. The molecule has 1 heterocycles. The van der Waals surface area contributed by atoms with Gasteiger partial charge in [-0.2, -0.15) is 0 Å². The first-order valence-electron chi connectivity index (χ1n) is 5.81. The summed E-state index contributed by atoms with van der Waals surface area (Å²) in [6, 6.07) is 10.2. The number of unbranched alkanes of at least 4 members (excludes halogenated alkanes) is 1. The van der Waals surface area contributed by atoms with Crippen molar-refractivity contribution < 1.29 is 9.90 Å². The summed E-state index contributed by atoms with van der Waals surface area (Å²) in [5, 5.41) is 9.69. The average molecular weight is 229 g/mol. The topological polar surface area (TPSA) is 50.2 Å². The van der Waals surface area contributed by atoms with Crippen LogP contribution in [0.2, 0.25) is 0 Å². The Hall–Kier alpha value is -1.90. The van der Waals surface area contributed by atoms with Gasteiger partial charge in [0.15, 0.2) is 0 Å². The zero-order valence-electron chi connectivity index (χ0n) is 9.60. The van der Waals surface area contributed by atoms with Gasteiger partial charge in [-0.1, -0.05) is 12.1 Å². The zero-order valence-corrected chi connectivity index (χ0v) is 9.60. The average Bonchev–Trinajstić information content (AvgIpc) is 2.34. The van der Waals surface area contributed by atoms with Gasteiger partial charge in [-0.05, 0) is 43.0 Å². The Morgan fingerprint density at radius 3 is 2.94 bits per heavy atom. The third-order valence-corrected chi connectivity index (χ3v) is 2.77. The molecule has 0 radical (unpaired) electrons. The molecule has 0 saturated heterocycles. The van der Waals surface area contributed by atoms with Gasteiger partial charge >= 0.3 is 5.97 Å². The Morgan fingerprint density at radius 1 is 1.24 bits per heavy atom. The van der Waals surface area contributed by atoms with Crippen molar-refractivity contribution in [2.45, 2.75) is 25.7 Å². The molecule has 1 aromatic heterocycles. The molecule has 0 saturated carbocycles. The molecule has 2 rings (SSSR count). The van der Waals surface area contributed by atoms with Crippen LogP contribution in [0.4, 0.5) is 0 Å². The van der Waals surface area contributed by atoms with Gasteiger partial charge in [-0.15, -0.1) is 0 Å². The van der Waals surface area contributed by atoms with Crippen molar-refractivity contribution in [2.24, 2.45) is 0 Å². The van der Waals surface area contributed by atoms with E-state index in [4.69, 9.17) is 5.11 Å². The van der Waals surface area contributed by atoms with Crippen LogP contribution in [-0.4, -0.2) is 16.1 Å². The molecule has 0 aliphatic rings. The lowest BCUT2D eigenvalue weighted by Crippen LogP contribution is -1.95. The highest BCUT2D eigenvalue weighted by atomic mass is 16.4. The second kappa shape index (κ2) is 5.43. The highest BCUT2D eigenvalue weighted by Gasteiger charge is 1.99. The first kappa shape index (κ1) is 11.6. The predicted octanol–water partition coefficient (Wildman–Crippen LogP) is 3.03. The van der Waals surface area contributed by atoms with Gasteiger partial charge in [-0.3, -0.25) is 9.78 Å². The highest BCUT2D eigenvalue weighted by Crippen LogP contribution is 2.15. The van der Waals surface area contributed by atoms with Crippen LogP contribution < -0.4 is 0 Å². The smallest absolute Gasteiger partial charge is 0.303 e. The minimum Gasteiger partial charge on any atom is -0.481 e. The minimum absolute atomic E-state index is 0.259. The number of aromatic nitrogens is 1. The molecule has 1 aromatic carbocycles. The summed E-state index contributed by atoms with van der Waals surface area (Å²) in [4.78, 5) is 14.6. The van der Waals surface area contributed by atoms with E-state index in [1.807, 2.05) is 18.2 Å². The summed E-state index contributed by atoms with van der Waals surface area (Å²) in [5.41, 5.74) is 2.25. The fourth-order valence-electron chi connectivity index (χ4n) is 1.89. The molecule has 1 N–H and O–H groups in total. The molecule has 2 aromatic rings. The lowest BCUT2D eigenvalue weighted by molar-refractivity contribution is -0.137. The Bertz CT molecular complexity index is 522. The monoisotopic (exact) mass is 229 g/mol. The Morgan fingerprint density at radius 2 is 2.12 bits per heavy atom. The minimum atomic E-state index is -0.715. The molecule has 0 bridgehead atoms. The van der Waals surface area contributed by atoms with E-state index in [1.54, 1.807) is 6.20 Å². The molecular formula is C14H15NO2. The van der Waals surface area contributed by atoms with Gasteiger partial charge in [0.1, 0.15) is 0 Å². The Kier molecular flexibility index (Phi) is 3.70. The van der Waals surface area contributed by atoms with E-state index in [-0.39, 0.29) is 6.42 Å². The van der Waals surface area contributed by atoms with Crippen molar-refractivity contribution >= 4 is 16.9 Å². The molecule has 17 heavy (non-hydrogen) atoms. The summed E-state index contributed by atoms with van der Waals surface area (Å²) in [5.74, 6) is -0.715. The van der Waals surface area contributed by atoms with Crippen LogP contribution in [0.1, 0.15) is 24.8 Å². The van der Waals surface area contributed by atoms with E-state index in [0.717, 1.165) is 30.2 Å². The second-order valence-corrected chi connectivity index (χ2v) is 4.13. The molecule has 0 unspecified atom stereocenters. The quantitative estimate of drug-likeness (QED) is 0.802. The van der Waals surface area contributed by atoms with Crippen LogP contribution in [0, 0.1) is 0 Å². The number of pyridine rings is 1. The number of carbonyl (C=O) groups is 1. The first-order valence-corrected chi connectivity index (χ1v) is 5.81. The van der Waals surface area contributed by atoms with Crippen molar-refractivity contribution in [3.05, 3.63) is 42.1 Å². The SMILES string of the molecule is O=C(O)CCCCc1ccc2ncccc2c1. The maximum Gasteiger partial charge on any atom is 0.303 e. The number of carboxylic acids is 1. The number of nitrogens with zero attached hydrogens (tertiary/aromatic N) is 1. The van der Waals surface area contributed by atoms with Crippen LogP contribution in [0.3, 0.4) is 0 Å². The maximum absolute atomic E-state index is 10.4. The van der Waals surface area contributed by atoms with Crippen molar-refractivity contribution in [1.29, 1.82) is 0 Å². The molecule has 0 atom stereocenters. The molecule has 0 aliphatic carbocycles. The van der Waals surface area contributed by atoms with Crippen LogP contribution in [0.25, 0.3) is 10.9 Å². The van der Waals surface area contributed by atoms with E-state index >= 15 is 0 Å². The lowest BCUT2D eigenvalue weighted by atomic mass is 10.0. The summed E-state index contributed by atoms with van der Waals surface area (Å²) < 4.78 is 0. The van der Waals surface area contributed by atoms with E-state index in [0.29, 0.717) is 0 Å². The molecule has 0 aliphatic heterocycles. The van der Waals surface area contributed by atoms with Crippen molar-refractivity contribution in [3.63, 3.8) is 0 Å². The molecule has 3 heteroatoms. The summed E-state index contributed by atoms with van der Waals surface area (Å²) >= 11 is 0. The molecule has 88 valence electrons. The summed E-state index contributed by atoms with van der Waals surface area (Å²) in [7, 11) is 0. The predicted molar refractivity (Wildman–Crippen MR) is 66.9 cm³/mol. The van der Waals surface area contributed by atoms with Crippen LogP contribution in [0.15, 0.2) is 36.5 Å². The van der Waals surface area contributed by atoms with E-state index in [9.17, 15) is 4.79 Å². The first-order chi connectivity index (χ1) is 8.25. The number of carboxylic acid groups (broad SMARTS) is 1. The molecule has 0 fully saturated rings. The fraction of sp³-hybridized carbons (Fsp3) is 0.286. The van der Waals surface area contributed by atoms with E-state index in [1.165, 1.54) is 5.56 Å². The van der Waals surface area contributed by atoms with E-state index < -0.39 is 5.97 Å². The molecule has 0 amide bonds. The normalized spacial score (nSPS) is 10.6. The summed E-state index contributed by atoms with van der Waals surface area (Å²) in [6.07, 6.45) is 4.63. The number of benzene rings is 1. The number of hydrogen-bond acceptors (Lipinski definition) is 2. The fourth-order valence-corrected chi connectivity index (χ4v) is 1.89. The van der Waals surface area contributed by atoms with Gasteiger partial charge < -0.3 is 5.11 Å². The number of fused-ring (bicyclic) bond motifs is 1. The zero-order chi connectivity index (χ0) is 12.1. The third-order valence-electron chi connectivity index (χ3n) is 2.77. The molecule has 0 spiro atoms. The molecular weight excluding hydrogens is 214 g/mol. The maximum atomic E-state index is 10.4. The van der Waals surface area contributed by atoms with Gasteiger partial charge in [0.05, 0.1) is 5.52 Å². The Balaban J connectivity index is 1.97. The van der Waals surface area contributed by atoms with Crippen LogP contribution >= 0.6 is 0 Å². The number of rotatable bonds is 5. The van der Waals surface area contributed by atoms with Gasteiger partial charge in [0.25, 0.3) is 0 Å². The van der Waals surface area contributed by atoms with Crippen LogP contribution in [0.5, 0.6) is 0 Å². The van der Waals surface area contributed by atoms with E-state index in [2.05, 4.69) is 17.1 Å². The number of hydrogen-bond donors (Lipinski definition) is 1. The van der Waals surface area contributed by atoms with Gasteiger partial charge in [-0.25, -0.2) is 0 Å². The Labute approximate surface area is 100 Å². The van der Waals surface area contributed by atoms with Gasteiger partial charge in [0, 0.05) is 18.0 Å². The van der Waals surface area contributed by atoms with Crippen LogP contribution in [-0.2, 0) is 11.2 Å². The second-order valence-electron chi connectivity index (χ2n) is 4.13.